The van der Waals surface area contributed by atoms with E-state index in [1.807, 2.05) is 17.0 Å². The summed E-state index contributed by atoms with van der Waals surface area (Å²) in [5.74, 6) is 1.19. The molecule has 1 aliphatic heterocycles. The summed E-state index contributed by atoms with van der Waals surface area (Å²) in [4.78, 5) is 25.4. The number of likely N-dealkylation sites (tertiary alicyclic amines) is 1. The van der Waals surface area contributed by atoms with Crippen molar-refractivity contribution in [2.45, 2.75) is 38.8 Å². The summed E-state index contributed by atoms with van der Waals surface area (Å²) >= 11 is 0. The van der Waals surface area contributed by atoms with E-state index >= 15 is 0 Å². The van der Waals surface area contributed by atoms with E-state index in [1.54, 1.807) is 0 Å². The molecule has 4 heteroatoms. The summed E-state index contributed by atoms with van der Waals surface area (Å²) in [5, 5.41) is 3.04. The van der Waals surface area contributed by atoms with E-state index in [1.165, 1.54) is 0 Å². The maximum atomic E-state index is 11.9. The zero-order valence-corrected chi connectivity index (χ0v) is 12.1. The van der Waals surface area contributed by atoms with E-state index in [2.05, 4.69) is 17.4 Å². The zero-order chi connectivity index (χ0) is 14.4. The molecule has 21 heavy (non-hydrogen) atoms. The number of rotatable bonds is 5. The predicted octanol–water partition coefficient (Wildman–Crippen LogP) is 1.84. The molecular formula is C17H20N2O2. The van der Waals surface area contributed by atoms with Crippen molar-refractivity contribution in [3.63, 3.8) is 0 Å². The third-order valence-corrected chi connectivity index (χ3v) is 5.16. The van der Waals surface area contributed by atoms with Gasteiger partial charge in [-0.25, -0.2) is 0 Å². The second-order valence-electron chi connectivity index (χ2n) is 6.68. The number of carbonyl (C=O) groups is 2. The van der Waals surface area contributed by atoms with Gasteiger partial charge in [0.25, 0.3) is 0 Å². The molecule has 0 radical (unpaired) electrons. The summed E-state index contributed by atoms with van der Waals surface area (Å²) in [5.41, 5.74) is 2.33. The predicted molar refractivity (Wildman–Crippen MR) is 78.1 cm³/mol. The smallest absolute Gasteiger partial charge is 0.226 e. The molecule has 1 aromatic carbocycles. The molecule has 0 unspecified atom stereocenters. The normalized spacial score (nSPS) is 29.2. The minimum atomic E-state index is 0.0516. The summed E-state index contributed by atoms with van der Waals surface area (Å²) < 4.78 is 0. The molecule has 2 amide bonds. The van der Waals surface area contributed by atoms with Crippen LogP contribution in [0.25, 0.3) is 0 Å². The van der Waals surface area contributed by atoms with Crippen LogP contribution in [0.15, 0.2) is 24.3 Å². The molecule has 4 nitrogen and oxygen atoms in total. The van der Waals surface area contributed by atoms with Crippen molar-refractivity contribution >= 4 is 11.8 Å². The molecule has 1 N–H and O–H groups in total. The van der Waals surface area contributed by atoms with Gasteiger partial charge in [0, 0.05) is 26.1 Å². The van der Waals surface area contributed by atoms with E-state index in [4.69, 9.17) is 0 Å². The fourth-order valence-corrected chi connectivity index (χ4v) is 3.29. The molecule has 0 aromatic heterocycles. The molecule has 2 saturated carbocycles. The number of amides is 2. The number of nitrogens with zero attached hydrogens (tertiary/aromatic N) is 1. The fourth-order valence-electron chi connectivity index (χ4n) is 3.29. The maximum absolute atomic E-state index is 11.9. The molecule has 0 bridgehead atoms. The topological polar surface area (TPSA) is 49.4 Å². The molecular weight excluding hydrogens is 264 g/mol. The average Bonchev–Trinajstić information content (AvgIpc) is 3.31. The maximum Gasteiger partial charge on any atom is 0.226 e. The van der Waals surface area contributed by atoms with Crippen LogP contribution in [0, 0.1) is 11.3 Å². The number of carbonyl (C=O) groups excluding carboxylic acids is 2. The van der Waals surface area contributed by atoms with Gasteiger partial charge in [0.2, 0.25) is 11.8 Å². The van der Waals surface area contributed by atoms with Gasteiger partial charge in [0.15, 0.2) is 0 Å². The van der Waals surface area contributed by atoms with Crippen LogP contribution in [0.3, 0.4) is 0 Å². The molecule has 3 aliphatic rings. The first-order chi connectivity index (χ1) is 10.2. The summed E-state index contributed by atoms with van der Waals surface area (Å²) in [6.07, 6.45) is 3.86. The van der Waals surface area contributed by atoms with Gasteiger partial charge in [0.05, 0.1) is 5.41 Å². The number of hydrogen-bond acceptors (Lipinski definition) is 2. The summed E-state index contributed by atoms with van der Waals surface area (Å²) in [6, 6.07) is 8.21. The lowest BCUT2D eigenvalue weighted by molar-refractivity contribution is -0.128. The third kappa shape index (κ3) is 2.33. The molecule has 0 atom stereocenters. The van der Waals surface area contributed by atoms with Crippen LogP contribution >= 0.6 is 0 Å². The van der Waals surface area contributed by atoms with E-state index < -0.39 is 0 Å². The lowest BCUT2D eigenvalue weighted by Crippen LogP contribution is -2.27. The highest BCUT2D eigenvalue weighted by Crippen LogP contribution is 2.75. The highest BCUT2D eigenvalue weighted by molar-refractivity contribution is 5.89. The van der Waals surface area contributed by atoms with Gasteiger partial charge in [-0.1, -0.05) is 24.3 Å². The van der Waals surface area contributed by atoms with Crippen LogP contribution in [0.4, 0.5) is 0 Å². The van der Waals surface area contributed by atoms with E-state index in [9.17, 15) is 9.59 Å². The Balaban J connectivity index is 1.30. The van der Waals surface area contributed by atoms with Gasteiger partial charge in [0.1, 0.15) is 0 Å². The summed E-state index contributed by atoms with van der Waals surface area (Å²) in [7, 11) is 0. The molecule has 4 rings (SSSR count). The molecule has 1 heterocycles. The van der Waals surface area contributed by atoms with Gasteiger partial charge >= 0.3 is 0 Å². The Hall–Kier alpha value is -1.84. The van der Waals surface area contributed by atoms with Crippen molar-refractivity contribution in [1.82, 2.24) is 10.2 Å². The highest BCUT2D eigenvalue weighted by atomic mass is 16.2. The third-order valence-electron chi connectivity index (χ3n) is 5.16. The number of fused-ring (bicyclic) bond motifs is 1. The minimum absolute atomic E-state index is 0.0516. The van der Waals surface area contributed by atoms with Gasteiger partial charge in [-0.3, -0.25) is 9.59 Å². The van der Waals surface area contributed by atoms with Crippen LogP contribution in [-0.4, -0.2) is 23.3 Å². The van der Waals surface area contributed by atoms with Crippen molar-refractivity contribution in [2.75, 3.05) is 6.54 Å². The monoisotopic (exact) mass is 284 g/mol. The number of nitrogens with one attached hydrogen (secondary N) is 1. The van der Waals surface area contributed by atoms with E-state index in [0.717, 1.165) is 36.9 Å². The van der Waals surface area contributed by atoms with Gasteiger partial charge in [-0.2, -0.15) is 0 Å². The Morgan fingerprint density at radius 3 is 2.48 bits per heavy atom. The lowest BCUT2D eigenvalue weighted by Gasteiger charge is -2.15. The first kappa shape index (κ1) is 12.9. The molecule has 2 aliphatic carbocycles. The Bertz CT molecular complexity index is 587. The lowest BCUT2D eigenvalue weighted by atomic mass is 10.1. The van der Waals surface area contributed by atoms with Crippen LogP contribution in [0.1, 0.15) is 36.8 Å². The Kier molecular flexibility index (Phi) is 2.81. The van der Waals surface area contributed by atoms with Crippen molar-refractivity contribution in [1.29, 1.82) is 0 Å². The average molecular weight is 284 g/mol. The number of benzene rings is 1. The quantitative estimate of drug-likeness (QED) is 0.897. The van der Waals surface area contributed by atoms with Gasteiger partial charge < -0.3 is 10.2 Å². The van der Waals surface area contributed by atoms with Crippen molar-refractivity contribution < 1.29 is 9.59 Å². The molecule has 0 spiro atoms. The van der Waals surface area contributed by atoms with Crippen LogP contribution in [0.2, 0.25) is 0 Å². The molecule has 1 aromatic rings. The molecule has 110 valence electrons. The second-order valence-corrected chi connectivity index (χ2v) is 6.68. The Labute approximate surface area is 124 Å². The SMILES string of the molecule is O=C1CCCN1Cc1ccc(CNC(=O)C23CC2C3)cc1. The molecule has 1 saturated heterocycles. The number of hydrogen-bond donors (Lipinski definition) is 1. The Morgan fingerprint density at radius 1 is 1.24 bits per heavy atom. The second kappa shape index (κ2) is 4.58. The largest absolute Gasteiger partial charge is 0.352 e. The first-order valence-corrected chi connectivity index (χ1v) is 7.81. The highest BCUT2D eigenvalue weighted by Gasteiger charge is 2.74. The van der Waals surface area contributed by atoms with Crippen molar-refractivity contribution in [3.8, 4) is 0 Å². The van der Waals surface area contributed by atoms with Crippen LogP contribution in [0.5, 0.6) is 0 Å². The fraction of sp³-hybridized carbons (Fsp3) is 0.529. The zero-order valence-electron chi connectivity index (χ0n) is 12.1. The van der Waals surface area contributed by atoms with Gasteiger partial charge in [-0.05, 0) is 36.3 Å². The molecule has 3 fully saturated rings. The first-order valence-electron chi connectivity index (χ1n) is 7.81. The van der Waals surface area contributed by atoms with Crippen LogP contribution in [-0.2, 0) is 22.7 Å². The van der Waals surface area contributed by atoms with Crippen molar-refractivity contribution in [3.05, 3.63) is 35.4 Å². The standard InChI is InChI=1S/C17H20N2O2/c20-15-2-1-7-19(15)11-13-5-3-12(4-6-13)10-18-16(21)17-8-14(17)9-17/h3-6,14H,1-2,7-11H2,(H,18,21). The minimum Gasteiger partial charge on any atom is -0.352 e. The van der Waals surface area contributed by atoms with E-state index in [0.29, 0.717) is 25.4 Å². The Morgan fingerprint density at radius 2 is 1.90 bits per heavy atom. The van der Waals surface area contributed by atoms with E-state index in [-0.39, 0.29) is 17.2 Å². The summed E-state index contributed by atoms with van der Waals surface area (Å²) in [6.45, 7) is 2.19. The van der Waals surface area contributed by atoms with Crippen LogP contribution < -0.4 is 5.32 Å². The van der Waals surface area contributed by atoms with Crippen molar-refractivity contribution in [2.24, 2.45) is 11.3 Å². The van der Waals surface area contributed by atoms with Gasteiger partial charge in [-0.15, -0.1) is 0 Å².